The number of aromatic nitrogens is 1. The fourth-order valence-corrected chi connectivity index (χ4v) is 2.89. The molecule has 2 N–H and O–H groups in total. The highest BCUT2D eigenvalue weighted by Crippen LogP contribution is 2.15. The molecule has 0 aromatic carbocycles. The number of carbonyl (C=O) groups excluding carboxylic acids is 1. The molecule has 1 amide bonds. The molecule has 2 rings (SSSR count). The highest BCUT2D eigenvalue weighted by molar-refractivity contribution is 7.14. The Morgan fingerprint density at radius 1 is 1.50 bits per heavy atom. The third kappa shape index (κ3) is 4.17. The molecule has 0 spiro atoms. The van der Waals surface area contributed by atoms with Gasteiger partial charge in [-0.2, -0.15) is 0 Å². The number of aryl methyl sites for hydroxylation is 1. The summed E-state index contributed by atoms with van der Waals surface area (Å²) in [6.45, 7) is 2.43. The second kappa shape index (κ2) is 7.20. The number of carbonyl (C=O) groups is 1. The van der Waals surface area contributed by atoms with Crippen LogP contribution in [-0.2, 0) is 6.54 Å². The van der Waals surface area contributed by atoms with Crippen LogP contribution in [0.25, 0.3) is 0 Å². The van der Waals surface area contributed by atoms with E-state index in [2.05, 4.69) is 22.1 Å². The monoisotopic (exact) mass is 306 g/mol. The molecule has 0 unspecified atom stereocenters. The van der Waals surface area contributed by atoms with Crippen LogP contribution >= 0.6 is 22.7 Å². The molecule has 0 bridgehead atoms. The second-order valence-electron chi connectivity index (χ2n) is 3.98. The third-order valence-electron chi connectivity index (χ3n) is 2.37. The highest BCUT2D eigenvalue weighted by Gasteiger charge is 2.09. The first-order valence-electron chi connectivity index (χ1n) is 6.08. The van der Waals surface area contributed by atoms with E-state index in [-0.39, 0.29) is 12.5 Å². The molecule has 0 saturated carbocycles. The minimum atomic E-state index is -0.115. The molecule has 0 aliphatic carbocycles. The predicted molar refractivity (Wildman–Crippen MR) is 80.9 cm³/mol. The van der Waals surface area contributed by atoms with Crippen LogP contribution < -0.4 is 5.32 Å². The number of hydrogen-bond acceptors (Lipinski definition) is 5. The Morgan fingerprint density at radius 2 is 2.35 bits per heavy atom. The zero-order valence-corrected chi connectivity index (χ0v) is 12.6. The zero-order chi connectivity index (χ0) is 14.4. The maximum Gasteiger partial charge on any atom is 0.261 e. The molecule has 2 aromatic heterocycles. The van der Waals surface area contributed by atoms with Gasteiger partial charge in [0.15, 0.2) is 0 Å². The van der Waals surface area contributed by atoms with E-state index < -0.39 is 0 Å². The lowest BCUT2D eigenvalue weighted by molar-refractivity contribution is 0.0954. The minimum Gasteiger partial charge on any atom is -0.395 e. The van der Waals surface area contributed by atoms with Crippen LogP contribution in [0, 0.1) is 18.8 Å². The number of aliphatic hydroxyl groups is 1. The number of thiazole rings is 1. The van der Waals surface area contributed by atoms with Gasteiger partial charge >= 0.3 is 0 Å². The van der Waals surface area contributed by atoms with Gasteiger partial charge in [-0.05, 0) is 19.1 Å². The summed E-state index contributed by atoms with van der Waals surface area (Å²) < 4.78 is 0. The van der Waals surface area contributed by atoms with Crippen LogP contribution in [0.2, 0.25) is 0 Å². The molecule has 0 saturated heterocycles. The van der Waals surface area contributed by atoms with E-state index >= 15 is 0 Å². The first-order chi connectivity index (χ1) is 9.69. The van der Waals surface area contributed by atoms with E-state index in [9.17, 15) is 4.79 Å². The fraction of sp³-hybridized carbons (Fsp3) is 0.286. The number of hydrogen-bond donors (Lipinski definition) is 2. The summed E-state index contributed by atoms with van der Waals surface area (Å²) in [6.07, 6.45) is 0.447. The van der Waals surface area contributed by atoms with Crippen LogP contribution in [0.3, 0.4) is 0 Å². The number of nitrogens with one attached hydrogen (secondary N) is 1. The topological polar surface area (TPSA) is 62.2 Å². The molecule has 0 aliphatic heterocycles. The number of rotatable bonds is 4. The SMILES string of the molecule is Cc1nc(CNC(=O)c2ccc(C#CCCO)s2)cs1. The van der Waals surface area contributed by atoms with Gasteiger partial charge in [0, 0.05) is 11.8 Å². The summed E-state index contributed by atoms with van der Waals surface area (Å²) >= 11 is 2.92. The number of aliphatic hydroxyl groups excluding tert-OH is 1. The lowest BCUT2D eigenvalue weighted by atomic mass is 10.3. The molecule has 0 fully saturated rings. The van der Waals surface area contributed by atoms with Crippen LogP contribution in [0.4, 0.5) is 0 Å². The van der Waals surface area contributed by atoms with Crippen molar-refractivity contribution in [2.24, 2.45) is 0 Å². The lowest BCUT2D eigenvalue weighted by Crippen LogP contribution is -2.21. The molecule has 4 nitrogen and oxygen atoms in total. The van der Waals surface area contributed by atoms with Crippen molar-refractivity contribution >= 4 is 28.6 Å². The maximum absolute atomic E-state index is 12.0. The Labute approximate surface area is 125 Å². The van der Waals surface area contributed by atoms with Crippen molar-refractivity contribution in [2.45, 2.75) is 19.9 Å². The van der Waals surface area contributed by atoms with Crippen molar-refractivity contribution in [1.82, 2.24) is 10.3 Å². The smallest absolute Gasteiger partial charge is 0.261 e. The van der Waals surface area contributed by atoms with Crippen molar-refractivity contribution in [2.75, 3.05) is 6.61 Å². The number of thiophene rings is 1. The molecule has 20 heavy (non-hydrogen) atoms. The molecule has 0 atom stereocenters. The minimum absolute atomic E-state index is 0.0543. The van der Waals surface area contributed by atoms with Crippen molar-refractivity contribution in [3.63, 3.8) is 0 Å². The van der Waals surface area contributed by atoms with Crippen molar-refractivity contribution < 1.29 is 9.90 Å². The maximum atomic E-state index is 12.0. The van der Waals surface area contributed by atoms with Crippen LogP contribution in [0.1, 0.15) is 31.7 Å². The average Bonchev–Trinajstić information content (AvgIpc) is 3.06. The predicted octanol–water partition coefficient (Wildman–Crippen LogP) is 2.18. The van der Waals surface area contributed by atoms with E-state index in [4.69, 9.17) is 5.11 Å². The second-order valence-corrected chi connectivity index (χ2v) is 6.13. The molecule has 2 aromatic rings. The first kappa shape index (κ1) is 14.7. The summed E-state index contributed by atoms with van der Waals surface area (Å²) in [5.41, 5.74) is 0.875. The van der Waals surface area contributed by atoms with E-state index in [1.165, 1.54) is 11.3 Å². The summed E-state index contributed by atoms with van der Waals surface area (Å²) in [7, 11) is 0. The molecule has 104 valence electrons. The molecule has 0 aliphatic rings. The van der Waals surface area contributed by atoms with Gasteiger partial charge in [-0.25, -0.2) is 4.98 Å². The molecular formula is C14H14N2O2S2. The fourth-order valence-electron chi connectivity index (χ4n) is 1.48. The Hall–Kier alpha value is -1.68. The first-order valence-corrected chi connectivity index (χ1v) is 7.77. The largest absolute Gasteiger partial charge is 0.395 e. The Bertz CT molecular complexity index is 649. The average molecular weight is 306 g/mol. The van der Waals surface area contributed by atoms with Crippen molar-refractivity contribution in [3.05, 3.63) is 38.0 Å². The summed E-state index contributed by atoms with van der Waals surface area (Å²) in [5.74, 6) is 5.64. The summed E-state index contributed by atoms with van der Waals surface area (Å²) in [6, 6.07) is 3.58. The van der Waals surface area contributed by atoms with Crippen LogP contribution in [-0.4, -0.2) is 22.6 Å². The van der Waals surface area contributed by atoms with E-state index in [0.717, 1.165) is 15.6 Å². The lowest BCUT2D eigenvalue weighted by Gasteiger charge is -1.99. The van der Waals surface area contributed by atoms with Gasteiger partial charge < -0.3 is 10.4 Å². The van der Waals surface area contributed by atoms with Crippen molar-refractivity contribution in [3.8, 4) is 11.8 Å². The molecular weight excluding hydrogens is 292 g/mol. The van der Waals surface area contributed by atoms with E-state index in [0.29, 0.717) is 17.8 Å². The molecule has 2 heterocycles. The van der Waals surface area contributed by atoms with Crippen molar-refractivity contribution in [1.29, 1.82) is 0 Å². The quantitative estimate of drug-likeness (QED) is 0.851. The Morgan fingerprint density at radius 3 is 3.05 bits per heavy atom. The Kier molecular flexibility index (Phi) is 5.30. The molecule has 6 heteroatoms. The van der Waals surface area contributed by atoms with Gasteiger partial charge in [0.05, 0.1) is 33.6 Å². The van der Waals surface area contributed by atoms with Gasteiger partial charge in [-0.3, -0.25) is 4.79 Å². The standard InChI is InChI=1S/C14H14N2O2S2/c1-10-16-11(9-19-10)8-15-14(18)13-6-5-12(20-13)4-2-3-7-17/h5-6,9,17H,3,7-8H2,1H3,(H,15,18). The molecule has 0 radical (unpaired) electrons. The van der Waals surface area contributed by atoms with Gasteiger partial charge in [-0.1, -0.05) is 11.8 Å². The van der Waals surface area contributed by atoms with Crippen LogP contribution in [0.15, 0.2) is 17.5 Å². The highest BCUT2D eigenvalue weighted by atomic mass is 32.1. The summed E-state index contributed by atoms with van der Waals surface area (Å²) in [5, 5.41) is 14.4. The van der Waals surface area contributed by atoms with Gasteiger partial charge in [0.1, 0.15) is 0 Å². The van der Waals surface area contributed by atoms with Gasteiger partial charge in [0.25, 0.3) is 5.91 Å². The summed E-state index contributed by atoms with van der Waals surface area (Å²) in [4.78, 5) is 17.7. The van der Waals surface area contributed by atoms with E-state index in [1.54, 1.807) is 17.4 Å². The number of amides is 1. The Balaban J connectivity index is 1.91. The normalized spacial score (nSPS) is 9.90. The van der Waals surface area contributed by atoms with E-state index in [1.807, 2.05) is 18.4 Å². The van der Waals surface area contributed by atoms with Gasteiger partial charge in [0.2, 0.25) is 0 Å². The van der Waals surface area contributed by atoms with Gasteiger partial charge in [-0.15, -0.1) is 22.7 Å². The zero-order valence-electron chi connectivity index (χ0n) is 11.0. The third-order valence-corrected chi connectivity index (χ3v) is 4.20. The number of nitrogens with zero attached hydrogens (tertiary/aromatic N) is 1. The van der Waals surface area contributed by atoms with Crippen LogP contribution in [0.5, 0.6) is 0 Å².